The van der Waals surface area contributed by atoms with Crippen molar-refractivity contribution < 1.29 is 27.8 Å². The van der Waals surface area contributed by atoms with Crippen LogP contribution in [0.15, 0.2) is 0 Å². The molecule has 16 heavy (non-hydrogen) atoms. The maximum absolute atomic E-state index is 12.2. The maximum Gasteiger partial charge on any atom is 0.420 e. The van der Waals surface area contributed by atoms with Gasteiger partial charge in [-0.05, 0) is 6.92 Å². The van der Waals surface area contributed by atoms with Crippen molar-refractivity contribution in [1.29, 1.82) is 0 Å². The van der Waals surface area contributed by atoms with Crippen molar-refractivity contribution >= 4 is 17.3 Å². The fourth-order valence-corrected chi connectivity index (χ4v) is 1.95. The summed E-state index contributed by atoms with van der Waals surface area (Å²) in [5, 5.41) is 8.36. The van der Waals surface area contributed by atoms with E-state index >= 15 is 0 Å². The van der Waals surface area contributed by atoms with Crippen molar-refractivity contribution in [3.63, 3.8) is 0 Å². The third kappa shape index (κ3) is 2.50. The van der Waals surface area contributed by atoms with Gasteiger partial charge in [0.2, 0.25) is 6.10 Å². The first-order chi connectivity index (χ1) is 7.27. The molecule has 1 atom stereocenters. The Morgan fingerprint density at radius 1 is 1.56 bits per heavy atom. The van der Waals surface area contributed by atoms with Gasteiger partial charge in [-0.15, -0.1) is 11.3 Å². The van der Waals surface area contributed by atoms with Crippen LogP contribution in [0.4, 0.5) is 13.2 Å². The van der Waals surface area contributed by atoms with Gasteiger partial charge in [0.25, 0.3) is 0 Å². The lowest BCUT2D eigenvalue weighted by molar-refractivity contribution is -0.206. The molecule has 1 unspecified atom stereocenters. The zero-order valence-electron chi connectivity index (χ0n) is 8.33. The molecule has 4 nitrogen and oxygen atoms in total. The smallest absolute Gasteiger partial charge is 0.420 e. The summed E-state index contributed by atoms with van der Waals surface area (Å²) in [6, 6.07) is 0. The van der Waals surface area contributed by atoms with Crippen LogP contribution < -0.4 is 0 Å². The molecule has 1 rings (SSSR count). The van der Waals surface area contributed by atoms with Crippen LogP contribution in [0.5, 0.6) is 0 Å². The van der Waals surface area contributed by atoms with Crippen molar-refractivity contribution in [2.45, 2.75) is 19.2 Å². The summed E-state index contributed by atoms with van der Waals surface area (Å²) in [6.45, 7) is 1.37. The van der Waals surface area contributed by atoms with Gasteiger partial charge in [0.05, 0.1) is 12.8 Å². The zero-order chi connectivity index (χ0) is 12.5. The Bertz CT molecular complexity index is 402. The first-order valence-corrected chi connectivity index (χ1v) is 4.89. The van der Waals surface area contributed by atoms with Crippen LogP contribution in [0.1, 0.15) is 26.5 Å². The van der Waals surface area contributed by atoms with Gasteiger partial charge in [0.1, 0.15) is 9.88 Å². The number of esters is 1. The molecule has 0 aliphatic carbocycles. The molecule has 0 saturated heterocycles. The number of methoxy groups -OCH3 is 1. The van der Waals surface area contributed by atoms with E-state index in [-0.39, 0.29) is 10.6 Å². The molecule has 8 heteroatoms. The molecule has 0 saturated carbocycles. The molecule has 0 radical (unpaired) electrons. The highest BCUT2D eigenvalue weighted by Crippen LogP contribution is 2.35. The van der Waals surface area contributed by atoms with Crippen LogP contribution in [-0.4, -0.2) is 29.3 Å². The van der Waals surface area contributed by atoms with Gasteiger partial charge in [-0.3, -0.25) is 0 Å². The molecular weight excluding hydrogens is 247 g/mol. The van der Waals surface area contributed by atoms with Crippen LogP contribution >= 0.6 is 11.3 Å². The second-order valence-corrected chi connectivity index (χ2v) is 3.93. The fourth-order valence-electron chi connectivity index (χ4n) is 0.956. The summed E-state index contributed by atoms with van der Waals surface area (Å²) in [7, 11) is 1.11. The van der Waals surface area contributed by atoms with Crippen molar-refractivity contribution in [1.82, 2.24) is 4.98 Å². The third-order valence-electron chi connectivity index (χ3n) is 1.73. The number of halogens is 3. The van der Waals surface area contributed by atoms with Crippen molar-refractivity contribution in [2.75, 3.05) is 7.11 Å². The average molecular weight is 255 g/mol. The van der Waals surface area contributed by atoms with E-state index < -0.39 is 23.3 Å². The minimum Gasteiger partial charge on any atom is -0.465 e. The Morgan fingerprint density at radius 2 is 2.12 bits per heavy atom. The molecule has 0 aliphatic rings. The van der Waals surface area contributed by atoms with Gasteiger partial charge in [-0.25, -0.2) is 9.78 Å². The Balaban J connectivity index is 3.06. The van der Waals surface area contributed by atoms with Crippen molar-refractivity contribution in [3.8, 4) is 0 Å². The number of alkyl halides is 3. The largest absolute Gasteiger partial charge is 0.465 e. The minimum atomic E-state index is -4.79. The number of ether oxygens (including phenoxy) is 1. The number of thiazole rings is 1. The van der Waals surface area contributed by atoms with E-state index in [2.05, 4.69) is 9.72 Å². The number of nitrogens with zero attached hydrogens (tertiary/aromatic N) is 1. The molecule has 1 heterocycles. The van der Waals surface area contributed by atoms with Crippen LogP contribution in [0.3, 0.4) is 0 Å². The van der Waals surface area contributed by atoms with Gasteiger partial charge < -0.3 is 9.84 Å². The number of aryl methyl sites for hydroxylation is 1. The Labute approximate surface area is 92.7 Å². The molecule has 0 aromatic carbocycles. The van der Waals surface area contributed by atoms with E-state index in [1.54, 1.807) is 0 Å². The maximum atomic E-state index is 12.2. The number of carbonyl (C=O) groups excluding carboxylic acids is 1. The number of hydrogen-bond donors (Lipinski definition) is 1. The van der Waals surface area contributed by atoms with Gasteiger partial charge in [-0.2, -0.15) is 13.2 Å². The lowest BCUT2D eigenvalue weighted by atomic mass is 10.3. The third-order valence-corrected chi connectivity index (χ3v) is 2.92. The van der Waals surface area contributed by atoms with E-state index in [0.717, 1.165) is 7.11 Å². The zero-order valence-corrected chi connectivity index (χ0v) is 9.15. The molecule has 1 N–H and O–H groups in total. The van der Waals surface area contributed by atoms with E-state index in [1.165, 1.54) is 6.92 Å². The first-order valence-electron chi connectivity index (χ1n) is 4.07. The quantitative estimate of drug-likeness (QED) is 0.819. The summed E-state index contributed by atoms with van der Waals surface area (Å²) in [5.41, 5.74) is 0.107. The Kier molecular flexibility index (Phi) is 3.54. The summed E-state index contributed by atoms with van der Waals surface area (Å²) in [6.07, 6.45) is -7.47. The molecule has 0 amide bonds. The van der Waals surface area contributed by atoms with Gasteiger partial charge in [0.15, 0.2) is 0 Å². The average Bonchev–Trinajstić information content (AvgIpc) is 2.56. The van der Waals surface area contributed by atoms with Crippen molar-refractivity contribution in [2.24, 2.45) is 0 Å². The lowest BCUT2D eigenvalue weighted by Crippen LogP contribution is -2.19. The topological polar surface area (TPSA) is 59.4 Å². The normalized spacial score (nSPS) is 13.6. The number of rotatable bonds is 2. The van der Waals surface area contributed by atoms with E-state index in [0.29, 0.717) is 11.3 Å². The highest BCUT2D eigenvalue weighted by Gasteiger charge is 2.42. The molecule has 0 aliphatic heterocycles. The molecule has 1 aromatic rings. The first kappa shape index (κ1) is 12.9. The predicted molar refractivity (Wildman–Crippen MR) is 49.2 cm³/mol. The lowest BCUT2D eigenvalue weighted by Gasteiger charge is -2.10. The number of aliphatic hydroxyl groups excluding tert-OH is 1. The molecule has 0 bridgehead atoms. The monoisotopic (exact) mass is 255 g/mol. The van der Waals surface area contributed by atoms with Crippen LogP contribution in [0.25, 0.3) is 0 Å². The minimum absolute atomic E-state index is 0.0409. The van der Waals surface area contributed by atoms with Gasteiger partial charge in [0, 0.05) is 0 Å². The highest BCUT2D eigenvalue weighted by atomic mass is 32.1. The van der Waals surface area contributed by atoms with Crippen molar-refractivity contribution in [3.05, 3.63) is 15.6 Å². The van der Waals surface area contributed by atoms with Gasteiger partial charge in [-0.1, -0.05) is 0 Å². The summed E-state index contributed by atoms with van der Waals surface area (Å²) in [4.78, 5) is 14.6. The fraction of sp³-hybridized carbons (Fsp3) is 0.500. The molecule has 0 spiro atoms. The molecular formula is C8H8F3NO3S. The second kappa shape index (κ2) is 4.38. The summed E-state index contributed by atoms with van der Waals surface area (Å²) >= 11 is 0.472. The van der Waals surface area contributed by atoms with Crippen LogP contribution in [0, 0.1) is 6.92 Å². The van der Waals surface area contributed by atoms with Gasteiger partial charge >= 0.3 is 12.1 Å². The molecule has 1 aromatic heterocycles. The van der Waals surface area contributed by atoms with Crippen LogP contribution in [-0.2, 0) is 4.74 Å². The predicted octanol–water partition coefficient (Wildman–Crippen LogP) is 1.83. The van der Waals surface area contributed by atoms with E-state index in [4.69, 9.17) is 5.11 Å². The van der Waals surface area contributed by atoms with E-state index in [1.807, 2.05) is 0 Å². The summed E-state index contributed by atoms with van der Waals surface area (Å²) < 4.78 is 40.8. The SMILES string of the molecule is COC(=O)c1sc(C(O)C(F)(F)F)nc1C. The Hall–Kier alpha value is -1.15. The second-order valence-electron chi connectivity index (χ2n) is 2.90. The molecule has 0 fully saturated rings. The number of hydrogen-bond acceptors (Lipinski definition) is 5. The summed E-state index contributed by atoms with van der Waals surface area (Å²) in [5.74, 6) is -0.768. The van der Waals surface area contributed by atoms with Crippen LogP contribution in [0.2, 0.25) is 0 Å². The molecule has 90 valence electrons. The standard InChI is InChI=1S/C8H8F3NO3S/c1-3-4(7(14)15-2)16-6(12-3)5(13)8(9,10)11/h5,13H,1-2H3. The Morgan fingerprint density at radius 3 is 2.56 bits per heavy atom. The number of aliphatic hydroxyl groups is 1. The van der Waals surface area contributed by atoms with E-state index in [9.17, 15) is 18.0 Å². The highest BCUT2D eigenvalue weighted by molar-refractivity contribution is 7.13. The number of aromatic nitrogens is 1. The number of carbonyl (C=O) groups is 1.